The van der Waals surface area contributed by atoms with Crippen LogP contribution in [0.2, 0.25) is 5.02 Å². The Kier molecular flexibility index (Phi) is 6.55. The summed E-state index contributed by atoms with van der Waals surface area (Å²) >= 11 is 5.58. The van der Waals surface area contributed by atoms with E-state index in [9.17, 15) is 23.1 Å². The van der Waals surface area contributed by atoms with Gasteiger partial charge >= 0.3 is 6.18 Å². The lowest BCUT2D eigenvalue weighted by Crippen LogP contribution is -2.51. The highest BCUT2D eigenvalue weighted by atomic mass is 35.5. The van der Waals surface area contributed by atoms with Crippen molar-refractivity contribution in [2.75, 3.05) is 25.0 Å². The lowest BCUT2D eigenvalue weighted by Gasteiger charge is -2.40. The summed E-state index contributed by atoms with van der Waals surface area (Å²) in [5, 5.41) is 12.4. The summed E-state index contributed by atoms with van der Waals surface area (Å²) in [6, 6.07) is 2.72. The van der Waals surface area contributed by atoms with Crippen LogP contribution in [0, 0.1) is 0 Å². The number of halogens is 4. The van der Waals surface area contributed by atoms with Crippen molar-refractivity contribution in [3.05, 3.63) is 28.8 Å². The van der Waals surface area contributed by atoms with Gasteiger partial charge in [-0.3, -0.25) is 9.69 Å². The molecule has 1 aromatic carbocycles. The third-order valence-corrected chi connectivity index (χ3v) is 5.13. The van der Waals surface area contributed by atoms with E-state index in [0.717, 1.165) is 12.1 Å². The molecule has 26 heavy (non-hydrogen) atoms. The molecule has 1 aliphatic heterocycles. The highest BCUT2D eigenvalue weighted by molar-refractivity contribution is 6.31. The highest BCUT2D eigenvalue weighted by Gasteiger charge is 2.35. The van der Waals surface area contributed by atoms with Crippen molar-refractivity contribution in [1.29, 1.82) is 0 Å². The van der Waals surface area contributed by atoms with Gasteiger partial charge in [-0.25, -0.2) is 0 Å². The Bertz CT molecular complexity index is 647. The number of piperidine rings is 1. The maximum atomic E-state index is 12.9. The molecular weight excluding hydrogens is 371 g/mol. The fourth-order valence-corrected chi connectivity index (χ4v) is 3.30. The number of hydrogen-bond acceptors (Lipinski definition) is 4. The van der Waals surface area contributed by atoms with E-state index in [1.807, 2.05) is 4.90 Å². The Morgan fingerprint density at radius 1 is 1.42 bits per heavy atom. The number of aliphatic hydroxyl groups is 1. The molecule has 4 N–H and O–H groups in total. The number of carbonyl (C=O) groups is 1. The molecule has 1 amide bonds. The van der Waals surface area contributed by atoms with Gasteiger partial charge in [-0.2, -0.15) is 13.2 Å². The molecule has 0 saturated carbocycles. The van der Waals surface area contributed by atoms with Crippen molar-refractivity contribution in [3.63, 3.8) is 0 Å². The van der Waals surface area contributed by atoms with Gasteiger partial charge in [0.1, 0.15) is 0 Å². The van der Waals surface area contributed by atoms with Crippen LogP contribution in [0.3, 0.4) is 0 Å². The Hall–Kier alpha value is -1.35. The normalized spacial score (nSPS) is 19.2. The van der Waals surface area contributed by atoms with Crippen molar-refractivity contribution in [3.8, 4) is 0 Å². The zero-order valence-electron chi connectivity index (χ0n) is 14.4. The molecule has 1 aliphatic rings. The van der Waals surface area contributed by atoms with E-state index in [4.69, 9.17) is 17.3 Å². The first-order chi connectivity index (χ1) is 12.1. The van der Waals surface area contributed by atoms with E-state index in [0.29, 0.717) is 38.9 Å². The van der Waals surface area contributed by atoms with Gasteiger partial charge in [-0.15, -0.1) is 0 Å². The number of rotatable bonds is 5. The number of amides is 1. The Morgan fingerprint density at radius 2 is 2.04 bits per heavy atom. The number of nitrogens with zero attached hydrogens (tertiary/aromatic N) is 1. The van der Waals surface area contributed by atoms with Crippen molar-refractivity contribution in [2.45, 2.75) is 44.0 Å². The van der Waals surface area contributed by atoms with Crippen LogP contribution in [0.4, 0.5) is 18.9 Å². The van der Waals surface area contributed by atoms with Crippen LogP contribution in [0.1, 0.15) is 31.7 Å². The second-order valence-electron chi connectivity index (χ2n) is 6.66. The van der Waals surface area contributed by atoms with Crippen molar-refractivity contribution in [2.24, 2.45) is 5.73 Å². The molecule has 1 atom stereocenters. The van der Waals surface area contributed by atoms with E-state index >= 15 is 0 Å². The maximum absolute atomic E-state index is 12.9. The zero-order valence-corrected chi connectivity index (χ0v) is 15.2. The third kappa shape index (κ3) is 5.09. The summed E-state index contributed by atoms with van der Waals surface area (Å²) in [6.45, 7) is 3.10. The van der Waals surface area contributed by atoms with E-state index in [1.54, 1.807) is 6.92 Å². The summed E-state index contributed by atoms with van der Waals surface area (Å²) in [7, 11) is 0. The van der Waals surface area contributed by atoms with Crippen molar-refractivity contribution < 1.29 is 23.1 Å². The van der Waals surface area contributed by atoms with E-state index < -0.39 is 34.3 Å². The van der Waals surface area contributed by atoms with Crippen LogP contribution in [-0.4, -0.2) is 47.2 Å². The van der Waals surface area contributed by atoms with Crippen molar-refractivity contribution >= 4 is 23.2 Å². The molecule has 1 heterocycles. The standard InChI is InChI=1S/C17H23ClF3N3O2/c1-11(24-8-5-16(26,4-7-22)6-9-24)15(25)23-12-2-3-14(18)13(10-12)17(19,20)21/h2-3,10-11,26H,4-9,22H2,1H3,(H,23,25). The SMILES string of the molecule is CC(C(=O)Nc1ccc(Cl)c(C(F)(F)F)c1)N1CCC(O)(CCN)CC1. The molecule has 1 aromatic rings. The monoisotopic (exact) mass is 393 g/mol. The van der Waals surface area contributed by atoms with E-state index in [1.165, 1.54) is 6.07 Å². The van der Waals surface area contributed by atoms with Gasteiger partial charge in [0.2, 0.25) is 5.91 Å². The van der Waals surface area contributed by atoms with Gasteiger partial charge in [0.15, 0.2) is 0 Å². The summed E-state index contributed by atoms with van der Waals surface area (Å²) in [5.41, 5.74) is 3.74. The lowest BCUT2D eigenvalue weighted by molar-refractivity contribution is -0.137. The van der Waals surface area contributed by atoms with Gasteiger partial charge in [0, 0.05) is 18.8 Å². The van der Waals surface area contributed by atoms with Crippen LogP contribution in [-0.2, 0) is 11.0 Å². The zero-order chi connectivity index (χ0) is 19.5. The molecule has 1 unspecified atom stereocenters. The predicted octanol–water partition coefficient (Wildman–Crippen LogP) is 2.86. The topological polar surface area (TPSA) is 78.6 Å². The van der Waals surface area contributed by atoms with Gasteiger partial charge in [-0.1, -0.05) is 11.6 Å². The first-order valence-corrected chi connectivity index (χ1v) is 8.78. The number of hydrogen-bond donors (Lipinski definition) is 3. The van der Waals surface area contributed by atoms with Gasteiger partial charge in [0.25, 0.3) is 0 Å². The quantitative estimate of drug-likeness (QED) is 0.718. The van der Waals surface area contributed by atoms with Crippen LogP contribution >= 0.6 is 11.6 Å². The fraction of sp³-hybridized carbons (Fsp3) is 0.588. The molecule has 0 spiro atoms. The predicted molar refractivity (Wildman–Crippen MR) is 94.0 cm³/mol. The summed E-state index contributed by atoms with van der Waals surface area (Å²) in [4.78, 5) is 14.3. The number of nitrogens with one attached hydrogen (secondary N) is 1. The molecule has 2 rings (SSSR count). The Morgan fingerprint density at radius 3 is 2.58 bits per heavy atom. The van der Waals surface area contributed by atoms with E-state index in [-0.39, 0.29) is 5.69 Å². The van der Waals surface area contributed by atoms with E-state index in [2.05, 4.69) is 5.32 Å². The summed E-state index contributed by atoms with van der Waals surface area (Å²) in [5.74, 6) is -0.412. The number of benzene rings is 1. The molecular formula is C17H23ClF3N3O2. The average molecular weight is 394 g/mol. The smallest absolute Gasteiger partial charge is 0.390 e. The minimum atomic E-state index is -4.59. The molecule has 9 heteroatoms. The maximum Gasteiger partial charge on any atom is 0.417 e. The van der Waals surface area contributed by atoms with Gasteiger partial charge in [-0.05, 0) is 50.9 Å². The van der Waals surface area contributed by atoms with Crippen LogP contribution < -0.4 is 11.1 Å². The number of nitrogens with two attached hydrogens (primary N) is 1. The number of anilines is 1. The van der Waals surface area contributed by atoms with Gasteiger partial charge in [0.05, 0.1) is 22.2 Å². The lowest BCUT2D eigenvalue weighted by atomic mass is 9.87. The molecule has 1 fully saturated rings. The minimum absolute atomic E-state index is 0.0372. The summed E-state index contributed by atoms with van der Waals surface area (Å²) in [6.07, 6.45) is -3.09. The molecule has 5 nitrogen and oxygen atoms in total. The molecule has 1 saturated heterocycles. The van der Waals surface area contributed by atoms with Crippen molar-refractivity contribution in [1.82, 2.24) is 4.90 Å². The molecule has 0 aromatic heterocycles. The van der Waals surface area contributed by atoms with Crippen LogP contribution in [0.15, 0.2) is 18.2 Å². The van der Waals surface area contributed by atoms with Gasteiger partial charge < -0.3 is 16.2 Å². The first kappa shape index (κ1) is 21.0. The molecule has 0 bridgehead atoms. The minimum Gasteiger partial charge on any atom is -0.390 e. The first-order valence-electron chi connectivity index (χ1n) is 8.40. The Balaban J connectivity index is 2.00. The molecule has 0 aliphatic carbocycles. The summed E-state index contributed by atoms with van der Waals surface area (Å²) < 4.78 is 38.7. The second kappa shape index (κ2) is 8.12. The number of likely N-dealkylation sites (tertiary alicyclic amines) is 1. The Labute approximate surface area is 155 Å². The largest absolute Gasteiger partial charge is 0.417 e. The molecule has 0 radical (unpaired) electrons. The van der Waals surface area contributed by atoms with Crippen LogP contribution in [0.25, 0.3) is 0 Å². The average Bonchev–Trinajstić information content (AvgIpc) is 2.55. The third-order valence-electron chi connectivity index (χ3n) is 4.80. The second-order valence-corrected chi connectivity index (χ2v) is 7.06. The number of carbonyl (C=O) groups excluding carboxylic acids is 1. The number of alkyl halides is 3. The fourth-order valence-electron chi connectivity index (χ4n) is 3.08. The van der Waals surface area contributed by atoms with Crippen LogP contribution in [0.5, 0.6) is 0 Å². The molecule has 146 valence electrons. The highest BCUT2D eigenvalue weighted by Crippen LogP contribution is 2.36.